The molecular weight excluding hydrogens is 290 g/mol. The van der Waals surface area contributed by atoms with E-state index in [1.54, 1.807) is 31.2 Å². The topological polar surface area (TPSA) is 66.4 Å². The predicted octanol–water partition coefficient (Wildman–Crippen LogP) is 3.91. The van der Waals surface area contributed by atoms with Gasteiger partial charge in [-0.3, -0.25) is 4.79 Å². The molecule has 4 nitrogen and oxygen atoms in total. The number of hydrogen-bond donors (Lipinski definition) is 2. The highest BCUT2D eigenvalue weighted by atomic mass is 35.5. The van der Waals surface area contributed by atoms with Crippen molar-refractivity contribution in [2.24, 2.45) is 0 Å². The zero-order valence-electron chi connectivity index (χ0n) is 11.6. The molecule has 1 amide bonds. The molecule has 0 fully saturated rings. The largest absolute Gasteiger partial charge is 0.478 e. The van der Waals surface area contributed by atoms with Gasteiger partial charge in [-0.25, -0.2) is 4.79 Å². The number of hydrogen-bond acceptors (Lipinski definition) is 2. The van der Waals surface area contributed by atoms with Gasteiger partial charge in [-0.05, 0) is 55.3 Å². The van der Waals surface area contributed by atoms with Gasteiger partial charge in [0.15, 0.2) is 0 Å². The maximum absolute atomic E-state index is 12.2. The number of benzene rings is 2. The molecular formula is C16H14ClNO3. The van der Waals surface area contributed by atoms with Crippen LogP contribution in [0.4, 0.5) is 5.69 Å². The van der Waals surface area contributed by atoms with Crippen LogP contribution < -0.4 is 5.32 Å². The molecule has 2 rings (SSSR count). The van der Waals surface area contributed by atoms with Crippen LogP contribution in [0.1, 0.15) is 31.8 Å². The van der Waals surface area contributed by atoms with E-state index >= 15 is 0 Å². The van der Waals surface area contributed by atoms with Gasteiger partial charge in [-0.2, -0.15) is 0 Å². The molecule has 0 aliphatic heterocycles. The monoisotopic (exact) mass is 303 g/mol. The molecule has 0 saturated carbocycles. The standard InChI is InChI=1S/C16H14ClNO3/c1-9-3-4-11(8-13(9)17)15(19)18-14-6-5-12(16(20)21)7-10(14)2/h3-8H,1-2H3,(H,18,19)(H,20,21). The van der Waals surface area contributed by atoms with Crippen LogP contribution >= 0.6 is 11.6 Å². The Bertz CT molecular complexity index is 725. The summed E-state index contributed by atoms with van der Waals surface area (Å²) in [6.45, 7) is 3.60. The van der Waals surface area contributed by atoms with Crippen molar-refractivity contribution in [2.45, 2.75) is 13.8 Å². The van der Waals surface area contributed by atoms with E-state index in [2.05, 4.69) is 5.32 Å². The fourth-order valence-corrected chi connectivity index (χ4v) is 2.05. The van der Waals surface area contributed by atoms with E-state index in [-0.39, 0.29) is 11.5 Å². The van der Waals surface area contributed by atoms with Crippen molar-refractivity contribution in [1.29, 1.82) is 0 Å². The molecule has 0 bridgehead atoms. The molecule has 5 heteroatoms. The molecule has 0 radical (unpaired) electrons. The smallest absolute Gasteiger partial charge is 0.335 e. The third kappa shape index (κ3) is 3.41. The minimum Gasteiger partial charge on any atom is -0.478 e. The Morgan fingerprint density at radius 1 is 1.00 bits per heavy atom. The molecule has 0 atom stereocenters. The summed E-state index contributed by atoms with van der Waals surface area (Å²) in [6, 6.07) is 9.61. The number of rotatable bonds is 3. The Labute approximate surface area is 127 Å². The second-order valence-corrected chi connectivity index (χ2v) is 5.16. The Morgan fingerprint density at radius 3 is 2.24 bits per heavy atom. The number of halogens is 1. The summed E-state index contributed by atoms with van der Waals surface area (Å²) in [5, 5.41) is 12.2. The molecule has 108 valence electrons. The van der Waals surface area contributed by atoms with Gasteiger partial charge in [0.05, 0.1) is 5.56 Å². The number of carbonyl (C=O) groups excluding carboxylic acids is 1. The number of carboxylic acid groups (broad SMARTS) is 1. The maximum atomic E-state index is 12.2. The molecule has 2 N–H and O–H groups in total. The number of carbonyl (C=O) groups is 2. The van der Waals surface area contributed by atoms with Crippen molar-refractivity contribution in [1.82, 2.24) is 0 Å². The van der Waals surface area contributed by atoms with Crippen molar-refractivity contribution in [3.05, 3.63) is 63.7 Å². The van der Waals surface area contributed by atoms with Gasteiger partial charge in [0, 0.05) is 16.3 Å². The molecule has 0 aromatic heterocycles. The van der Waals surface area contributed by atoms with Crippen molar-refractivity contribution in [3.8, 4) is 0 Å². The first kappa shape index (κ1) is 15.1. The van der Waals surface area contributed by atoms with Gasteiger partial charge in [0.2, 0.25) is 0 Å². The van der Waals surface area contributed by atoms with E-state index in [1.165, 1.54) is 12.1 Å². The van der Waals surface area contributed by atoms with E-state index < -0.39 is 5.97 Å². The van der Waals surface area contributed by atoms with Crippen LogP contribution in [-0.2, 0) is 0 Å². The average molecular weight is 304 g/mol. The number of anilines is 1. The quantitative estimate of drug-likeness (QED) is 0.903. The molecule has 2 aromatic rings. The fraction of sp³-hybridized carbons (Fsp3) is 0.125. The Morgan fingerprint density at radius 2 is 1.67 bits per heavy atom. The van der Waals surface area contributed by atoms with Crippen LogP contribution in [0.5, 0.6) is 0 Å². The normalized spacial score (nSPS) is 10.2. The van der Waals surface area contributed by atoms with E-state index in [1.807, 2.05) is 6.92 Å². The first-order valence-corrected chi connectivity index (χ1v) is 6.67. The van der Waals surface area contributed by atoms with Crippen molar-refractivity contribution < 1.29 is 14.7 Å². The fourth-order valence-electron chi connectivity index (χ4n) is 1.87. The SMILES string of the molecule is Cc1ccc(C(=O)Nc2ccc(C(=O)O)cc2C)cc1Cl. The summed E-state index contributed by atoms with van der Waals surface area (Å²) < 4.78 is 0. The highest BCUT2D eigenvalue weighted by Gasteiger charge is 2.11. The van der Waals surface area contributed by atoms with Crippen LogP contribution in [0.3, 0.4) is 0 Å². The van der Waals surface area contributed by atoms with Gasteiger partial charge in [0.1, 0.15) is 0 Å². The lowest BCUT2D eigenvalue weighted by atomic mass is 10.1. The lowest BCUT2D eigenvalue weighted by Crippen LogP contribution is -2.13. The molecule has 0 saturated heterocycles. The number of aryl methyl sites for hydroxylation is 2. The zero-order valence-corrected chi connectivity index (χ0v) is 12.4. The van der Waals surface area contributed by atoms with Gasteiger partial charge >= 0.3 is 5.97 Å². The van der Waals surface area contributed by atoms with Crippen LogP contribution in [0.2, 0.25) is 5.02 Å². The van der Waals surface area contributed by atoms with Crippen LogP contribution in [0, 0.1) is 13.8 Å². The predicted molar refractivity (Wildman–Crippen MR) is 82.3 cm³/mol. The zero-order chi connectivity index (χ0) is 15.6. The first-order chi connectivity index (χ1) is 9.88. The number of amides is 1. The van der Waals surface area contributed by atoms with E-state index in [4.69, 9.17) is 16.7 Å². The van der Waals surface area contributed by atoms with Gasteiger partial charge in [-0.15, -0.1) is 0 Å². The summed E-state index contributed by atoms with van der Waals surface area (Å²) in [5.74, 6) is -1.29. The van der Waals surface area contributed by atoms with E-state index in [9.17, 15) is 9.59 Å². The van der Waals surface area contributed by atoms with Crippen LogP contribution in [0.25, 0.3) is 0 Å². The molecule has 0 aliphatic carbocycles. The van der Waals surface area contributed by atoms with Gasteiger partial charge < -0.3 is 10.4 Å². The molecule has 0 heterocycles. The molecule has 0 spiro atoms. The van der Waals surface area contributed by atoms with E-state index in [0.717, 1.165) is 5.56 Å². The third-order valence-corrected chi connectivity index (χ3v) is 3.56. The molecule has 0 aliphatic rings. The average Bonchev–Trinajstić information content (AvgIpc) is 2.43. The minimum atomic E-state index is -0.999. The maximum Gasteiger partial charge on any atom is 0.335 e. The highest BCUT2D eigenvalue weighted by molar-refractivity contribution is 6.31. The molecule has 21 heavy (non-hydrogen) atoms. The Kier molecular flexibility index (Phi) is 4.29. The third-order valence-electron chi connectivity index (χ3n) is 3.16. The number of carboxylic acids is 1. The number of aromatic carboxylic acids is 1. The summed E-state index contributed by atoms with van der Waals surface area (Å²) in [6.07, 6.45) is 0. The van der Waals surface area contributed by atoms with Crippen molar-refractivity contribution in [3.63, 3.8) is 0 Å². The summed E-state index contributed by atoms with van der Waals surface area (Å²) in [7, 11) is 0. The Hall–Kier alpha value is -2.33. The van der Waals surface area contributed by atoms with Crippen molar-refractivity contribution >= 4 is 29.2 Å². The molecule has 2 aromatic carbocycles. The van der Waals surface area contributed by atoms with Crippen LogP contribution in [-0.4, -0.2) is 17.0 Å². The van der Waals surface area contributed by atoms with E-state index in [0.29, 0.717) is 21.8 Å². The van der Waals surface area contributed by atoms with Gasteiger partial charge in [-0.1, -0.05) is 17.7 Å². The summed E-state index contributed by atoms with van der Waals surface area (Å²) >= 11 is 6.00. The second kappa shape index (κ2) is 5.97. The Balaban J connectivity index is 2.23. The summed E-state index contributed by atoms with van der Waals surface area (Å²) in [4.78, 5) is 23.0. The van der Waals surface area contributed by atoms with Crippen LogP contribution in [0.15, 0.2) is 36.4 Å². The molecule has 0 unspecified atom stereocenters. The minimum absolute atomic E-state index is 0.184. The lowest BCUT2D eigenvalue weighted by Gasteiger charge is -2.10. The van der Waals surface area contributed by atoms with Gasteiger partial charge in [0.25, 0.3) is 5.91 Å². The number of nitrogens with one attached hydrogen (secondary N) is 1. The first-order valence-electron chi connectivity index (χ1n) is 6.30. The summed E-state index contributed by atoms with van der Waals surface area (Å²) in [5.41, 5.74) is 2.79. The van der Waals surface area contributed by atoms with Crippen molar-refractivity contribution in [2.75, 3.05) is 5.32 Å². The lowest BCUT2D eigenvalue weighted by molar-refractivity contribution is 0.0696. The highest BCUT2D eigenvalue weighted by Crippen LogP contribution is 2.20. The second-order valence-electron chi connectivity index (χ2n) is 4.75.